The van der Waals surface area contributed by atoms with Crippen LogP contribution in [-0.2, 0) is 9.59 Å². The number of carbonyl (C=O) groups is 2. The summed E-state index contributed by atoms with van der Waals surface area (Å²) in [6, 6.07) is 12.9. The van der Waals surface area contributed by atoms with E-state index in [4.69, 9.17) is 11.6 Å². The van der Waals surface area contributed by atoms with Crippen LogP contribution < -0.4 is 15.5 Å². The molecule has 132 valence electrons. The van der Waals surface area contributed by atoms with Crippen LogP contribution >= 0.6 is 11.6 Å². The smallest absolute Gasteiger partial charge is 0.279 e. The van der Waals surface area contributed by atoms with Gasteiger partial charge in [-0.3, -0.25) is 9.59 Å². The summed E-state index contributed by atoms with van der Waals surface area (Å²) in [6.07, 6.45) is 0. The van der Waals surface area contributed by atoms with Gasteiger partial charge in [-0.1, -0.05) is 29.3 Å². The van der Waals surface area contributed by atoms with Crippen molar-refractivity contribution in [2.45, 2.75) is 13.8 Å². The monoisotopic (exact) mass is 360 g/mol. The summed E-state index contributed by atoms with van der Waals surface area (Å²) >= 11 is 5.91. The lowest BCUT2D eigenvalue weighted by atomic mass is 10.2. The molecule has 0 heterocycles. The number of quaternary nitrogens is 1. The highest BCUT2D eigenvalue weighted by molar-refractivity contribution is 6.30. The van der Waals surface area contributed by atoms with Crippen molar-refractivity contribution in [1.82, 2.24) is 0 Å². The molecule has 3 N–H and O–H groups in total. The van der Waals surface area contributed by atoms with Gasteiger partial charge in [0.15, 0.2) is 13.1 Å². The van der Waals surface area contributed by atoms with E-state index in [0.717, 1.165) is 27.4 Å². The van der Waals surface area contributed by atoms with Gasteiger partial charge < -0.3 is 15.5 Å². The first-order valence-corrected chi connectivity index (χ1v) is 8.45. The first-order valence-electron chi connectivity index (χ1n) is 8.07. The molecular weight excluding hydrogens is 338 g/mol. The third kappa shape index (κ3) is 6.21. The molecule has 1 atom stereocenters. The van der Waals surface area contributed by atoms with Gasteiger partial charge in [0.05, 0.1) is 7.05 Å². The van der Waals surface area contributed by atoms with Crippen LogP contribution in [0.5, 0.6) is 0 Å². The van der Waals surface area contributed by atoms with Gasteiger partial charge in [0.25, 0.3) is 11.8 Å². The largest absolute Gasteiger partial charge is 0.322 e. The van der Waals surface area contributed by atoms with E-state index in [1.54, 1.807) is 18.2 Å². The zero-order valence-corrected chi connectivity index (χ0v) is 15.4. The van der Waals surface area contributed by atoms with Crippen LogP contribution in [0, 0.1) is 13.8 Å². The molecular formula is C19H23ClN3O2+. The van der Waals surface area contributed by atoms with Crippen LogP contribution in [0.15, 0.2) is 42.5 Å². The van der Waals surface area contributed by atoms with Crippen molar-refractivity contribution in [2.75, 3.05) is 30.8 Å². The number of carbonyl (C=O) groups excluding carboxylic acids is 2. The Morgan fingerprint density at radius 3 is 2.16 bits per heavy atom. The second kappa shape index (κ2) is 8.65. The third-order valence-corrected chi connectivity index (χ3v) is 3.96. The lowest BCUT2D eigenvalue weighted by molar-refractivity contribution is -0.862. The average Bonchev–Trinajstić information content (AvgIpc) is 2.52. The van der Waals surface area contributed by atoms with Crippen LogP contribution in [0.2, 0.25) is 5.02 Å². The van der Waals surface area contributed by atoms with Gasteiger partial charge in [-0.2, -0.15) is 0 Å². The molecule has 5 nitrogen and oxygen atoms in total. The summed E-state index contributed by atoms with van der Waals surface area (Å²) in [7, 11) is 1.81. The summed E-state index contributed by atoms with van der Waals surface area (Å²) < 4.78 is 0. The Hall–Kier alpha value is -2.37. The minimum atomic E-state index is -0.147. The van der Waals surface area contributed by atoms with Crippen LogP contribution in [0.3, 0.4) is 0 Å². The molecule has 0 spiro atoms. The number of nitrogens with one attached hydrogen (secondary N) is 3. The topological polar surface area (TPSA) is 62.6 Å². The van der Waals surface area contributed by atoms with Crippen molar-refractivity contribution in [3.63, 3.8) is 0 Å². The molecule has 0 aromatic heterocycles. The van der Waals surface area contributed by atoms with Crippen molar-refractivity contribution >= 4 is 34.8 Å². The molecule has 2 aromatic rings. The second-order valence-corrected chi connectivity index (χ2v) is 6.67. The Bertz CT molecular complexity index is 760. The standard InChI is InChI=1S/C19H22ClN3O2/c1-13-4-7-16(8-5-13)21-18(24)11-23(3)12-19(25)22-17-9-6-15(20)10-14(17)2/h4-10H,11-12H2,1-3H3,(H,21,24)(H,22,25)/p+1. The number of halogens is 1. The molecule has 0 aliphatic heterocycles. The van der Waals surface area contributed by atoms with Crippen LogP contribution in [0.4, 0.5) is 11.4 Å². The zero-order valence-electron chi connectivity index (χ0n) is 14.7. The van der Waals surface area contributed by atoms with Gasteiger partial charge in [0.2, 0.25) is 0 Å². The molecule has 0 fully saturated rings. The van der Waals surface area contributed by atoms with Gasteiger partial charge >= 0.3 is 0 Å². The van der Waals surface area contributed by atoms with E-state index in [9.17, 15) is 9.59 Å². The van der Waals surface area contributed by atoms with Gasteiger partial charge in [0, 0.05) is 16.4 Å². The van der Waals surface area contributed by atoms with Crippen molar-refractivity contribution < 1.29 is 14.5 Å². The van der Waals surface area contributed by atoms with Crippen LogP contribution in [0.1, 0.15) is 11.1 Å². The predicted molar refractivity (Wildman–Crippen MR) is 101 cm³/mol. The van der Waals surface area contributed by atoms with Crippen molar-refractivity contribution in [3.05, 3.63) is 58.6 Å². The highest BCUT2D eigenvalue weighted by atomic mass is 35.5. The van der Waals surface area contributed by atoms with Crippen molar-refractivity contribution in [3.8, 4) is 0 Å². The molecule has 0 saturated carbocycles. The van der Waals surface area contributed by atoms with Crippen molar-refractivity contribution in [2.24, 2.45) is 0 Å². The van der Waals surface area contributed by atoms with E-state index in [2.05, 4.69) is 10.6 Å². The highest BCUT2D eigenvalue weighted by Gasteiger charge is 2.15. The third-order valence-electron chi connectivity index (χ3n) is 3.72. The Balaban J connectivity index is 1.82. The number of amides is 2. The number of anilines is 2. The van der Waals surface area contributed by atoms with E-state index in [-0.39, 0.29) is 24.9 Å². The SMILES string of the molecule is Cc1ccc(NC(=O)C[NH+](C)CC(=O)Nc2ccc(Cl)cc2C)cc1. The molecule has 0 aliphatic rings. The number of rotatable bonds is 6. The van der Waals surface area contributed by atoms with E-state index < -0.39 is 0 Å². The Morgan fingerprint density at radius 2 is 1.56 bits per heavy atom. The Morgan fingerprint density at radius 1 is 0.960 bits per heavy atom. The maximum Gasteiger partial charge on any atom is 0.279 e. The van der Waals surface area contributed by atoms with Crippen LogP contribution in [0.25, 0.3) is 0 Å². The summed E-state index contributed by atoms with van der Waals surface area (Å²) in [6.45, 7) is 4.28. The fraction of sp³-hybridized carbons (Fsp3) is 0.263. The molecule has 1 unspecified atom stereocenters. The lowest BCUT2D eigenvalue weighted by Gasteiger charge is -2.14. The number of aryl methyl sites for hydroxylation is 2. The lowest BCUT2D eigenvalue weighted by Crippen LogP contribution is -3.11. The van der Waals surface area contributed by atoms with E-state index in [1.165, 1.54) is 0 Å². The summed E-state index contributed by atoms with van der Waals surface area (Å²) in [5, 5.41) is 6.31. The fourth-order valence-electron chi connectivity index (χ4n) is 2.41. The number of hydrogen-bond donors (Lipinski definition) is 3. The quantitative estimate of drug-likeness (QED) is 0.738. The first-order chi connectivity index (χ1) is 11.8. The molecule has 0 saturated heterocycles. The van der Waals surface area contributed by atoms with Gasteiger partial charge in [-0.25, -0.2) is 0 Å². The summed E-state index contributed by atoms with van der Waals surface area (Å²) in [4.78, 5) is 25.0. The minimum absolute atomic E-state index is 0.128. The maximum atomic E-state index is 12.1. The minimum Gasteiger partial charge on any atom is -0.322 e. The van der Waals surface area contributed by atoms with Crippen LogP contribution in [-0.4, -0.2) is 32.0 Å². The maximum absolute atomic E-state index is 12.1. The highest BCUT2D eigenvalue weighted by Crippen LogP contribution is 2.19. The van der Waals surface area contributed by atoms with Gasteiger partial charge in [-0.05, 0) is 49.7 Å². The molecule has 2 aromatic carbocycles. The zero-order chi connectivity index (χ0) is 18.4. The van der Waals surface area contributed by atoms with Crippen molar-refractivity contribution in [1.29, 1.82) is 0 Å². The normalized spacial score (nSPS) is 11.7. The molecule has 0 aliphatic carbocycles. The van der Waals surface area contributed by atoms with E-state index in [1.807, 2.05) is 45.2 Å². The molecule has 0 radical (unpaired) electrons. The molecule has 6 heteroatoms. The van der Waals surface area contributed by atoms with Gasteiger partial charge in [0.1, 0.15) is 0 Å². The predicted octanol–water partition coefficient (Wildman–Crippen LogP) is 2.05. The summed E-state index contributed by atoms with van der Waals surface area (Å²) in [5.74, 6) is -0.275. The molecule has 2 amide bonds. The molecule has 0 bridgehead atoms. The fourth-order valence-corrected chi connectivity index (χ4v) is 2.64. The molecule has 25 heavy (non-hydrogen) atoms. The first kappa shape index (κ1) is 19.0. The van der Waals surface area contributed by atoms with E-state index >= 15 is 0 Å². The van der Waals surface area contributed by atoms with E-state index in [0.29, 0.717) is 5.02 Å². The Labute approximate surface area is 153 Å². The average molecular weight is 361 g/mol. The molecule has 2 rings (SSSR count). The Kier molecular flexibility index (Phi) is 6.56. The summed E-state index contributed by atoms with van der Waals surface area (Å²) in [5.41, 5.74) is 3.52. The van der Waals surface area contributed by atoms with Gasteiger partial charge in [-0.15, -0.1) is 0 Å². The number of likely N-dealkylation sites (N-methyl/N-ethyl adjacent to an activating group) is 1. The second-order valence-electron chi connectivity index (χ2n) is 6.23. The number of hydrogen-bond acceptors (Lipinski definition) is 2. The number of benzene rings is 2.